The maximum absolute atomic E-state index is 10.9. The normalized spacial score (nSPS) is 10.4. The Bertz CT molecular complexity index is 538. The number of carbonyl (C=O) groups is 1. The van der Waals surface area contributed by atoms with Crippen molar-refractivity contribution in [2.75, 3.05) is 0 Å². The second-order valence-corrected chi connectivity index (χ2v) is 3.37. The van der Waals surface area contributed by atoms with Crippen molar-refractivity contribution in [3.05, 3.63) is 34.9 Å². The van der Waals surface area contributed by atoms with Gasteiger partial charge in [-0.3, -0.25) is 0 Å². The van der Waals surface area contributed by atoms with Crippen LogP contribution in [0.15, 0.2) is 18.5 Å². The van der Waals surface area contributed by atoms with Crippen LogP contribution in [0.2, 0.25) is 5.15 Å². The molecule has 0 aliphatic heterocycles. The molecule has 7 heteroatoms. The van der Waals surface area contributed by atoms with E-state index in [2.05, 4.69) is 15.1 Å². The van der Waals surface area contributed by atoms with Crippen LogP contribution in [0, 0.1) is 6.92 Å². The number of nitrogens with zero attached hydrogens (tertiary/aromatic N) is 4. The van der Waals surface area contributed by atoms with Crippen molar-refractivity contribution in [3.63, 3.8) is 0 Å². The van der Waals surface area contributed by atoms with Crippen molar-refractivity contribution in [3.8, 4) is 5.95 Å². The Morgan fingerprint density at radius 3 is 2.56 bits per heavy atom. The second-order valence-electron chi connectivity index (χ2n) is 3.02. The summed E-state index contributed by atoms with van der Waals surface area (Å²) in [5, 5.41) is 12.9. The summed E-state index contributed by atoms with van der Waals surface area (Å²) < 4.78 is 1.19. The Balaban J connectivity index is 2.61. The van der Waals surface area contributed by atoms with Crippen LogP contribution in [0.3, 0.4) is 0 Å². The molecule has 2 aromatic heterocycles. The molecule has 2 aromatic rings. The molecule has 0 saturated carbocycles. The molecule has 2 rings (SSSR count). The van der Waals surface area contributed by atoms with Crippen LogP contribution >= 0.6 is 11.6 Å². The Morgan fingerprint density at radius 1 is 1.44 bits per heavy atom. The van der Waals surface area contributed by atoms with Gasteiger partial charge in [-0.05, 0) is 13.0 Å². The lowest BCUT2D eigenvalue weighted by Gasteiger charge is -1.98. The number of aryl methyl sites for hydroxylation is 1. The third-order valence-corrected chi connectivity index (χ3v) is 2.31. The fourth-order valence-electron chi connectivity index (χ4n) is 1.28. The van der Waals surface area contributed by atoms with E-state index in [4.69, 9.17) is 16.7 Å². The number of halogens is 1. The number of aromatic nitrogens is 4. The first-order valence-electron chi connectivity index (χ1n) is 4.37. The zero-order chi connectivity index (χ0) is 11.7. The summed E-state index contributed by atoms with van der Waals surface area (Å²) in [7, 11) is 0. The number of carboxylic acid groups (broad SMARTS) is 1. The average molecular weight is 239 g/mol. The summed E-state index contributed by atoms with van der Waals surface area (Å²) in [4.78, 5) is 18.8. The van der Waals surface area contributed by atoms with Crippen LogP contribution in [0.4, 0.5) is 0 Å². The number of hydrogen-bond acceptors (Lipinski definition) is 4. The lowest BCUT2D eigenvalue weighted by molar-refractivity contribution is 0.0696. The largest absolute Gasteiger partial charge is 0.478 e. The SMILES string of the molecule is Cc1nn(-c2ncccn2)c(Cl)c1C(=O)O. The van der Waals surface area contributed by atoms with Gasteiger partial charge in [0.15, 0.2) is 5.15 Å². The lowest BCUT2D eigenvalue weighted by Crippen LogP contribution is -2.03. The van der Waals surface area contributed by atoms with Crippen molar-refractivity contribution in [2.24, 2.45) is 0 Å². The van der Waals surface area contributed by atoms with E-state index < -0.39 is 5.97 Å². The molecule has 6 nitrogen and oxygen atoms in total. The highest BCUT2D eigenvalue weighted by atomic mass is 35.5. The molecule has 0 aliphatic carbocycles. The molecule has 0 radical (unpaired) electrons. The zero-order valence-electron chi connectivity index (χ0n) is 8.25. The molecular weight excluding hydrogens is 232 g/mol. The minimum atomic E-state index is -1.12. The summed E-state index contributed by atoms with van der Waals surface area (Å²) in [6.07, 6.45) is 3.05. The summed E-state index contributed by atoms with van der Waals surface area (Å²) in [5.41, 5.74) is 0.291. The second kappa shape index (κ2) is 3.90. The van der Waals surface area contributed by atoms with Gasteiger partial charge in [0.25, 0.3) is 5.95 Å². The molecule has 1 N–H and O–H groups in total. The van der Waals surface area contributed by atoms with Gasteiger partial charge in [-0.2, -0.15) is 9.78 Å². The maximum atomic E-state index is 10.9. The smallest absolute Gasteiger partial charge is 0.340 e. The van der Waals surface area contributed by atoms with Gasteiger partial charge in [0.1, 0.15) is 5.56 Å². The Hall–Kier alpha value is -1.95. The molecule has 0 bridgehead atoms. The molecule has 0 aliphatic rings. The molecule has 0 fully saturated rings. The molecule has 0 aromatic carbocycles. The molecule has 0 atom stereocenters. The van der Waals surface area contributed by atoms with Crippen LogP contribution in [0.5, 0.6) is 0 Å². The van der Waals surface area contributed by atoms with E-state index in [0.717, 1.165) is 0 Å². The number of carboxylic acids is 1. The van der Waals surface area contributed by atoms with Crippen LogP contribution in [-0.2, 0) is 0 Å². The Kier molecular flexibility index (Phi) is 2.57. The van der Waals surface area contributed by atoms with Gasteiger partial charge in [-0.25, -0.2) is 14.8 Å². The summed E-state index contributed by atoms with van der Waals surface area (Å²) in [6.45, 7) is 1.56. The van der Waals surface area contributed by atoms with E-state index in [1.807, 2.05) is 0 Å². The van der Waals surface area contributed by atoms with Gasteiger partial charge < -0.3 is 5.11 Å². The molecule has 16 heavy (non-hydrogen) atoms. The van der Waals surface area contributed by atoms with Crippen LogP contribution < -0.4 is 0 Å². The molecule has 2 heterocycles. The number of hydrogen-bond donors (Lipinski definition) is 1. The summed E-state index contributed by atoms with van der Waals surface area (Å²) in [5.74, 6) is -0.882. The van der Waals surface area contributed by atoms with Gasteiger partial charge in [0.05, 0.1) is 5.69 Å². The fraction of sp³-hybridized carbons (Fsp3) is 0.111. The van der Waals surface area contributed by atoms with Crippen LogP contribution in [0.25, 0.3) is 5.95 Å². The first-order chi connectivity index (χ1) is 7.61. The van der Waals surface area contributed by atoms with Gasteiger partial charge in [-0.1, -0.05) is 11.6 Å². The third-order valence-electron chi connectivity index (χ3n) is 1.96. The van der Waals surface area contributed by atoms with Crippen molar-refractivity contribution in [2.45, 2.75) is 6.92 Å². The molecular formula is C9H7ClN4O2. The molecule has 0 amide bonds. The van der Waals surface area contributed by atoms with Crippen molar-refractivity contribution in [1.82, 2.24) is 19.7 Å². The van der Waals surface area contributed by atoms with E-state index in [1.54, 1.807) is 13.0 Å². The highest BCUT2D eigenvalue weighted by molar-refractivity contribution is 6.32. The average Bonchev–Trinajstić information content (AvgIpc) is 2.55. The highest BCUT2D eigenvalue weighted by Crippen LogP contribution is 2.21. The Morgan fingerprint density at radius 2 is 2.06 bits per heavy atom. The minimum Gasteiger partial charge on any atom is -0.478 e. The number of rotatable bonds is 2. The first-order valence-corrected chi connectivity index (χ1v) is 4.75. The molecule has 0 saturated heterocycles. The van der Waals surface area contributed by atoms with Crippen molar-refractivity contribution >= 4 is 17.6 Å². The predicted octanol–water partition coefficient (Wildman–Crippen LogP) is 1.32. The van der Waals surface area contributed by atoms with E-state index in [9.17, 15) is 4.79 Å². The van der Waals surface area contributed by atoms with E-state index in [1.165, 1.54) is 17.1 Å². The van der Waals surface area contributed by atoms with E-state index >= 15 is 0 Å². The van der Waals surface area contributed by atoms with E-state index in [0.29, 0.717) is 5.69 Å². The highest BCUT2D eigenvalue weighted by Gasteiger charge is 2.21. The Labute approximate surface area is 95.5 Å². The summed E-state index contributed by atoms with van der Waals surface area (Å²) >= 11 is 5.90. The number of aromatic carboxylic acids is 1. The van der Waals surface area contributed by atoms with Crippen LogP contribution in [0.1, 0.15) is 16.1 Å². The zero-order valence-corrected chi connectivity index (χ0v) is 9.01. The predicted molar refractivity (Wildman–Crippen MR) is 55.9 cm³/mol. The summed E-state index contributed by atoms with van der Waals surface area (Å²) in [6, 6.07) is 1.64. The fourth-order valence-corrected chi connectivity index (χ4v) is 1.61. The minimum absolute atomic E-state index is 0.00352. The third kappa shape index (κ3) is 1.63. The maximum Gasteiger partial charge on any atom is 0.340 e. The molecule has 82 valence electrons. The monoisotopic (exact) mass is 238 g/mol. The first kappa shape index (κ1) is 10.6. The van der Waals surface area contributed by atoms with E-state index in [-0.39, 0.29) is 16.7 Å². The standard InChI is InChI=1S/C9H7ClN4O2/c1-5-6(8(15)16)7(10)14(13-5)9-11-3-2-4-12-9/h2-4H,1H3,(H,15,16). The molecule has 0 spiro atoms. The lowest BCUT2D eigenvalue weighted by atomic mass is 10.3. The van der Waals surface area contributed by atoms with Crippen molar-refractivity contribution in [1.29, 1.82) is 0 Å². The van der Waals surface area contributed by atoms with Crippen LogP contribution in [-0.4, -0.2) is 30.8 Å². The topological polar surface area (TPSA) is 80.9 Å². The molecule has 0 unspecified atom stereocenters. The van der Waals surface area contributed by atoms with Gasteiger partial charge in [0.2, 0.25) is 0 Å². The van der Waals surface area contributed by atoms with Gasteiger partial charge in [-0.15, -0.1) is 0 Å². The quantitative estimate of drug-likeness (QED) is 0.853. The van der Waals surface area contributed by atoms with Gasteiger partial charge in [0, 0.05) is 12.4 Å². The van der Waals surface area contributed by atoms with Gasteiger partial charge >= 0.3 is 5.97 Å². The van der Waals surface area contributed by atoms with Crippen molar-refractivity contribution < 1.29 is 9.90 Å².